The number of hydrogen-bond acceptors (Lipinski definition) is 13. The molecule has 0 radical (unpaired) electrons. The number of hydroxylamine groups is 4. The fraction of sp³-hybridized carbons (Fsp3) is 0.636. The number of imide groups is 2. The highest BCUT2D eigenvalue weighted by Gasteiger charge is 2.32. The number of rotatable bonds is 9. The molecule has 2 heterocycles. The summed E-state index contributed by atoms with van der Waals surface area (Å²) >= 11 is 1.81. The van der Waals surface area contributed by atoms with Crippen LogP contribution in [0.4, 0.5) is 0 Å². The second kappa shape index (κ2) is 22.2. The monoisotopic (exact) mass is 580 g/mol. The summed E-state index contributed by atoms with van der Waals surface area (Å²) in [5.74, 6) is -2.84. The first-order valence-corrected chi connectivity index (χ1v) is 13.6. The maximum atomic E-state index is 11.1. The molecule has 0 spiro atoms. The molecular formula is C22H36N4O10S2. The number of hydrogen-bond donors (Lipinski definition) is 3. The van der Waals surface area contributed by atoms with Gasteiger partial charge in [-0.2, -0.15) is 5.06 Å². The Balaban J connectivity index is 0. The van der Waals surface area contributed by atoms with Crippen molar-refractivity contribution < 1.29 is 48.4 Å². The average molecular weight is 581 g/mol. The Morgan fingerprint density at radius 3 is 1.68 bits per heavy atom. The van der Waals surface area contributed by atoms with Crippen LogP contribution in [0.1, 0.15) is 65.7 Å². The molecule has 38 heavy (non-hydrogen) atoms. The van der Waals surface area contributed by atoms with Gasteiger partial charge in [0.05, 0.1) is 5.75 Å². The van der Waals surface area contributed by atoms with Crippen molar-refractivity contribution in [3.8, 4) is 0 Å². The molecule has 2 fully saturated rings. The third-order valence-corrected chi connectivity index (χ3v) is 5.73. The van der Waals surface area contributed by atoms with Gasteiger partial charge in [-0.15, -0.1) is 5.06 Å². The van der Waals surface area contributed by atoms with Crippen LogP contribution in [-0.4, -0.2) is 86.2 Å². The minimum absolute atomic E-state index is 0.0105. The average Bonchev–Trinajstić information content (AvgIpc) is 3.36. The smallest absolute Gasteiger partial charge is 0.343 e. The molecule has 2 saturated heterocycles. The van der Waals surface area contributed by atoms with Crippen LogP contribution in [0.5, 0.6) is 0 Å². The molecule has 216 valence electrons. The highest BCUT2D eigenvalue weighted by molar-refractivity contribution is 8.14. The van der Waals surface area contributed by atoms with Gasteiger partial charge in [-0.25, -0.2) is 4.79 Å². The summed E-state index contributed by atoms with van der Waals surface area (Å²) in [7, 11) is 1.50. The van der Waals surface area contributed by atoms with E-state index >= 15 is 0 Å². The molecule has 2 rings (SSSR count). The molecule has 2 aliphatic heterocycles. The van der Waals surface area contributed by atoms with Gasteiger partial charge >= 0.3 is 5.97 Å². The molecule has 2 aliphatic rings. The highest BCUT2D eigenvalue weighted by atomic mass is 32.2. The van der Waals surface area contributed by atoms with Crippen molar-refractivity contribution in [1.82, 2.24) is 15.4 Å². The van der Waals surface area contributed by atoms with E-state index in [0.29, 0.717) is 5.06 Å². The van der Waals surface area contributed by atoms with Crippen molar-refractivity contribution in [2.75, 3.05) is 25.1 Å². The SMILES string of the molecule is CC(=O)SCC(=O)ON1C(=O)CCC1=O.CCCCCNC(=O)CSC(C)=O.CN.O=C1CCC(=O)N1O. The first-order chi connectivity index (χ1) is 17.9. The number of carbonyl (C=O) groups excluding carboxylic acids is 8. The highest BCUT2D eigenvalue weighted by Crippen LogP contribution is 2.13. The summed E-state index contributed by atoms with van der Waals surface area (Å²) in [4.78, 5) is 90.1. The van der Waals surface area contributed by atoms with Crippen molar-refractivity contribution in [2.24, 2.45) is 5.73 Å². The molecule has 0 aromatic carbocycles. The maximum absolute atomic E-state index is 11.1. The first kappa shape index (κ1) is 37.3. The van der Waals surface area contributed by atoms with Gasteiger partial charge in [0.2, 0.25) is 5.91 Å². The number of carbonyl (C=O) groups is 8. The first-order valence-electron chi connectivity index (χ1n) is 11.6. The van der Waals surface area contributed by atoms with E-state index in [1.54, 1.807) is 0 Å². The van der Waals surface area contributed by atoms with E-state index in [1.165, 1.54) is 20.9 Å². The second-order valence-corrected chi connectivity index (χ2v) is 9.57. The predicted molar refractivity (Wildman–Crippen MR) is 139 cm³/mol. The zero-order valence-electron chi connectivity index (χ0n) is 22.0. The maximum Gasteiger partial charge on any atom is 0.343 e. The van der Waals surface area contributed by atoms with Crippen LogP contribution in [0.25, 0.3) is 0 Å². The number of amides is 5. The van der Waals surface area contributed by atoms with Gasteiger partial charge < -0.3 is 15.9 Å². The number of nitrogens with two attached hydrogens (primary N) is 1. The van der Waals surface area contributed by atoms with E-state index in [2.05, 4.69) is 22.8 Å². The summed E-state index contributed by atoms with van der Waals surface area (Å²) < 4.78 is 0. The van der Waals surface area contributed by atoms with Gasteiger partial charge in [0.25, 0.3) is 23.6 Å². The number of unbranched alkanes of at least 4 members (excludes halogenated alkanes) is 2. The molecule has 5 amide bonds. The molecule has 0 unspecified atom stereocenters. The molecule has 0 saturated carbocycles. The molecule has 16 heteroatoms. The quantitative estimate of drug-likeness (QED) is 0.193. The van der Waals surface area contributed by atoms with Crippen molar-refractivity contribution in [2.45, 2.75) is 65.7 Å². The standard InChI is InChI=1S/C9H17NO2S.C8H9NO5S.C4H5NO3.CH5N/c1-3-4-5-6-10-9(12)7-13-8(2)11;1-5(10)15-4-8(13)14-9-6(11)2-3-7(9)12;6-3-1-2-4(7)5(3)8;1-2/h3-7H2,1-2H3,(H,10,12);2-4H2,1H3;8H,1-2H2;2H2,1H3. The molecular weight excluding hydrogens is 544 g/mol. The van der Waals surface area contributed by atoms with Crippen LogP contribution in [0.15, 0.2) is 0 Å². The van der Waals surface area contributed by atoms with Gasteiger partial charge in [0.15, 0.2) is 10.2 Å². The number of thioether (sulfide) groups is 2. The minimum atomic E-state index is -0.779. The molecule has 0 aromatic rings. The summed E-state index contributed by atoms with van der Waals surface area (Å²) in [6, 6.07) is 0. The van der Waals surface area contributed by atoms with Gasteiger partial charge in [-0.1, -0.05) is 43.3 Å². The lowest BCUT2D eigenvalue weighted by atomic mass is 10.2. The largest absolute Gasteiger partial charge is 0.355 e. The Kier molecular flexibility index (Phi) is 21.8. The van der Waals surface area contributed by atoms with E-state index in [1.807, 2.05) is 0 Å². The van der Waals surface area contributed by atoms with Crippen molar-refractivity contribution in [1.29, 1.82) is 0 Å². The Hall–Kier alpha value is -2.82. The Morgan fingerprint density at radius 1 is 0.842 bits per heavy atom. The second-order valence-electron chi connectivity index (χ2n) is 7.26. The van der Waals surface area contributed by atoms with Crippen LogP contribution in [0.3, 0.4) is 0 Å². The van der Waals surface area contributed by atoms with Crippen molar-refractivity contribution >= 4 is 69.3 Å². The van der Waals surface area contributed by atoms with E-state index in [4.69, 9.17) is 5.21 Å². The molecule has 0 atom stereocenters. The Bertz CT molecular complexity index is 822. The predicted octanol–water partition coefficient (Wildman–Crippen LogP) is 0.545. The molecule has 0 aromatic heterocycles. The Morgan fingerprint density at radius 2 is 1.29 bits per heavy atom. The van der Waals surface area contributed by atoms with Crippen LogP contribution in [-0.2, 0) is 43.2 Å². The Labute approximate surface area is 229 Å². The summed E-state index contributed by atoms with van der Waals surface area (Å²) in [5, 5.41) is 11.5. The summed E-state index contributed by atoms with van der Waals surface area (Å²) in [5.41, 5.74) is 4.50. The lowest BCUT2D eigenvalue weighted by Crippen LogP contribution is -2.32. The summed E-state index contributed by atoms with van der Waals surface area (Å²) in [6.07, 6.45) is 3.73. The van der Waals surface area contributed by atoms with Crippen molar-refractivity contribution in [3.05, 3.63) is 0 Å². The lowest BCUT2D eigenvalue weighted by Gasteiger charge is -2.11. The normalized spacial score (nSPS) is 13.9. The number of nitrogens with one attached hydrogen (secondary N) is 1. The van der Waals surface area contributed by atoms with Crippen LogP contribution in [0, 0.1) is 0 Å². The van der Waals surface area contributed by atoms with Gasteiger partial charge in [-0.05, 0) is 13.5 Å². The topological polar surface area (TPSA) is 211 Å². The lowest BCUT2D eigenvalue weighted by molar-refractivity contribution is -0.195. The molecule has 0 aliphatic carbocycles. The van der Waals surface area contributed by atoms with Crippen LogP contribution >= 0.6 is 23.5 Å². The zero-order valence-corrected chi connectivity index (χ0v) is 23.6. The van der Waals surface area contributed by atoms with E-state index in [0.717, 1.165) is 49.3 Å². The van der Waals surface area contributed by atoms with Gasteiger partial charge in [0, 0.05) is 46.1 Å². The molecule has 14 nitrogen and oxygen atoms in total. The van der Waals surface area contributed by atoms with Gasteiger partial charge in [-0.3, -0.25) is 38.8 Å². The van der Waals surface area contributed by atoms with Crippen LogP contribution < -0.4 is 11.1 Å². The third kappa shape index (κ3) is 18.4. The third-order valence-electron chi connectivity index (χ3n) is 4.13. The zero-order chi connectivity index (χ0) is 29.7. The fourth-order valence-electron chi connectivity index (χ4n) is 2.33. The number of nitrogens with zero attached hydrogens (tertiary/aromatic N) is 2. The van der Waals surface area contributed by atoms with Crippen LogP contribution in [0.2, 0.25) is 0 Å². The summed E-state index contributed by atoms with van der Waals surface area (Å²) in [6.45, 7) is 5.62. The minimum Gasteiger partial charge on any atom is -0.355 e. The van der Waals surface area contributed by atoms with E-state index in [-0.39, 0.29) is 58.4 Å². The van der Waals surface area contributed by atoms with Crippen molar-refractivity contribution in [3.63, 3.8) is 0 Å². The van der Waals surface area contributed by atoms with Gasteiger partial charge in [0.1, 0.15) is 5.75 Å². The molecule has 4 N–H and O–H groups in total. The molecule has 0 bridgehead atoms. The van der Waals surface area contributed by atoms with E-state index in [9.17, 15) is 38.4 Å². The fourth-order valence-corrected chi connectivity index (χ4v) is 3.14. The van der Waals surface area contributed by atoms with E-state index < -0.39 is 29.6 Å².